The van der Waals surface area contributed by atoms with Gasteiger partial charge in [-0.25, -0.2) is 24.0 Å². The summed E-state index contributed by atoms with van der Waals surface area (Å²) in [7, 11) is 0. The molecule has 2 atom stereocenters. The highest BCUT2D eigenvalue weighted by molar-refractivity contribution is 5.90. The summed E-state index contributed by atoms with van der Waals surface area (Å²) in [6, 6.07) is 47.9. The Hall–Kier alpha value is -9.30. The van der Waals surface area contributed by atoms with Gasteiger partial charge in [-0.05, 0) is 126 Å². The van der Waals surface area contributed by atoms with E-state index in [1.54, 1.807) is 26.0 Å². The van der Waals surface area contributed by atoms with E-state index in [2.05, 4.69) is 159 Å². The van der Waals surface area contributed by atoms with Gasteiger partial charge >= 0.3 is 36.0 Å². The van der Waals surface area contributed by atoms with Crippen LogP contribution in [-0.2, 0) is 64.6 Å². The van der Waals surface area contributed by atoms with E-state index in [9.17, 15) is 28.8 Å². The smallest absolute Gasteiger partial charge is 0.490 e. The Labute approximate surface area is 512 Å². The molecule has 0 spiro atoms. The largest absolute Gasteiger partial charge is 0.521 e. The lowest BCUT2D eigenvalue weighted by Crippen LogP contribution is -2.22. The van der Waals surface area contributed by atoms with Gasteiger partial charge in [-0.3, -0.25) is 4.79 Å². The number of ether oxygens (including phenoxy) is 8. The highest BCUT2D eigenvalue weighted by atomic mass is 16.7. The molecule has 0 saturated heterocycles. The molecule has 0 amide bonds. The first kappa shape index (κ1) is 68.5. The summed E-state index contributed by atoms with van der Waals surface area (Å²) in [6.07, 6.45) is 4.82. The molecule has 14 nitrogen and oxygen atoms in total. The van der Waals surface area contributed by atoms with E-state index < -0.39 is 30.0 Å². The fourth-order valence-electron chi connectivity index (χ4n) is 9.28. The molecule has 0 fully saturated rings. The first-order chi connectivity index (χ1) is 41.2. The maximum Gasteiger partial charge on any atom is 0.521 e. The van der Waals surface area contributed by atoms with Crippen LogP contribution >= 0.6 is 0 Å². The monoisotopic (exact) mass is 1180 g/mol. The summed E-state index contributed by atoms with van der Waals surface area (Å²) in [5.41, 5.74) is 7.97. The summed E-state index contributed by atoms with van der Waals surface area (Å²) in [6.45, 7) is 35.2. The van der Waals surface area contributed by atoms with Crippen LogP contribution in [0.25, 0.3) is 0 Å². The molecule has 2 unspecified atom stereocenters. The number of hydrogen-bond donors (Lipinski definition) is 0. The second-order valence-electron chi connectivity index (χ2n) is 22.9. The summed E-state index contributed by atoms with van der Waals surface area (Å²) in [5.74, 6) is -0.354. The highest BCUT2D eigenvalue weighted by Crippen LogP contribution is 2.39. The van der Waals surface area contributed by atoms with Crippen LogP contribution in [0.2, 0.25) is 0 Å². The first-order valence-corrected chi connectivity index (χ1v) is 28.8. The van der Waals surface area contributed by atoms with Gasteiger partial charge in [0.25, 0.3) is 0 Å². The second kappa shape index (κ2) is 31.7. The number of rotatable bonds is 28. The number of carbonyl (C=O) groups is 6. The minimum absolute atomic E-state index is 0.218. The Balaban J connectivity index is 0.000000318. The average Bonchev–Trinajstić information content (AvgIpc) is 2.33. The zero-order valence-electron chi connectivity index (χ0n) is 51.8. The van der Waals surface area contributed by atoms with Crippen molar-refractivity contribution in [2.75, 3.05) is 19.8 Å². The third-order valence-corrected chi connectivity index (χ3v) is 15.1. The van der Waals surface area contributed by atoms with E-state index in [-0.39, 0.29) is 65.2 Å². The van der Waals surface area contributed by atoms with Gasteiger partial charge in [0.1, 0.15) is 48.4 Å². The fourth-order valence-corrected chi connectivity index (χ4v) is 9.28. The Morgan fingerprint density at radius 2 is 0.667 bits per heavy atom. The molecular formula is C73H82O14. The van der Waals surface area contributed by atoms with Crippen molar-refractivity contribution in [3.63, 3.8) is 0 Å². The predicted molar refractivity (Wildman–Crippen MR) is 337 cm³/mol. The Kier molecular flexibility index (Phi) is 25.0. The van der Waals surface area contributed by atoms with Crippen LogP contribution in [0.3, 0.4) is 0 Å². The average molecular weight is 1180 g/mol. The van der Waals surface area contributed by atoms with Crippen molar-refractivity contribution in [2.45, 2.75) is 129 Å². The highest BCUT2D eigenvalue weighted by Gasteiger charge is 2.29. The van der Waals surface area contributed by atoms with Crippen molar-refractivity contribution in [1.82, 2.24) is 0 Å². The third kappa shape index (κ3) is 20.2. The minimum atomic E-state index is -1.12. The third-order valence-electron chi connectivity index (χ3n) is 15.1. The van der Waals surface area contributed by atoms with Gasteiger partial charge in [-0.1, -0.05) is 179 Å². The number of esters is 5. The molecule has 0 saturated carbocycles. The fraction of sp³-hybridized carbons (Fsp3) is 0.315. The molecule has 0 bridgehead atoms. The molecule has 87 heavy (non-hydrogen) atoms. The zero-order chi connectivity index (χ0) is 64.0. The predicted octanol–water partition coefficient (Wildman–Crippen LogP) is 15.1. The van der Waals surface area contributed by atoms with Gasteiger partial charge in [-0.2, -0.15) is 0 Å². The molecular weight excluding hydrogens is 1100 g/mol. The molecule has 0 aliphatic heterocycles. The standard InChI is InChI=1S/C37H40O8.C36H42O6/c1-7-32(38)42-25-11-9-10-12-34(40)43-30-21-17-28(18-22-30)36(3,4)26-13-15-27(16-14-26)37(5,6)29-19-23-31(24-20-29)44-35(41)45-33(39)8-2;1-9-33(37)41-25(3)23-39-31-19-15-29(16-20-31)35(5,6)27-11-13-28(14-12-27)36(7,8)30-17-21-32(22-18-30)40-24-26(4)42-34(38)10-2/h7-8,13-24H,1-2,9-12,25H2,3-6H3;9-22,25-26H,1-2,23-24H2,3-8H3. The lowest BCUT2D eigenvalue weighted by Gasteiger charge is -2.30. The van der Waals surface area contributed by atoms with E-state index in [0.29, 0.717) is 25.2 Å². The van der Waals surface area contributed by atoms with Crippen LogP contribution in [0.4, 0.5) is 4.79 Å². The zero-order valence-corrected chi connectivity index (χ0v) is 51.8. The van der Waals surface area contributed by atoms with Crippen molar-refractivity contribution < 1.29 is 66.7 Å². The topological polar surface area (TPSA) is 176 Å². The second-order valence-corrected chi connectivity index (χ2v) is 22.9. The van der Waals surface area contributed by atoms with Gasteiger partial charge in [-0.15, -0.1) is 0 Å². The summed E-state index contributed by atoms with van der Waals surface area (Å²) in [4.78, 5) is 68.9. The molecule has 0 heterocycles. The molecule has 0 radical (unpaired) electrons. The van der Waals surface area contributed by atoms with Gasteiger partial charge in [0.2, 0.25) is 0 Å². The summed E-state index contributed by atoms with van der Waals surface area (Å²) in [5, 5.41) is 0. The van der Waals surface area contributed by atoms with Crippen molar-refractivity contribution >= 4 is 36.0 Å². The Bertz CT molecular complexity index is 3190. The molecule has 0 N–H and O–H groups in total. The van der Waals surface area contributed by atoms with Gasteiger partial charge in [0, 0.05) is 52.4 Å². The lowest BCUT2D eigenvalue weighted by atomic mass is 9.74. The van der Waals surface area contributed by atoms with Crippen molar-refractivity contribution in [1.29, 1.82) is 0 Å². The molecule has 6 aromatic carbocycles. The van der Waals surface area contributed by atoms with Gasteiger partial charge in [0.05, 0.1) is 6.61 Å². The molecule has 14 heteroatoms. The number of unbranched alkanes of at least 4 members (excludes halogenated alkanes) is 2. The van der Waals surface area contributed by atoms with Crippen molar-refractivity contribution in [3.8, 4) is 23.0 Å². The Morgan fingerprint density at radius 3 is 0.977 bits per heavy atom. The van der Waals surface area contributed by atoms with Crippen LogP contribution in [-0.4, -0.2) is 68.0 Å². The normalized spacial score (nSPS) is 12.0. The number of benzene rings is 6. The van der Waals surface area contributed by atoms with Gasteiger partial charge < -0.3 is 37.9 Å². The van der Waals surface area contributed by atoms with Crippen LogP contribution < -0.4 is 18.9 Å². The molecule has 6 rings (SSSR count). The van der Waals surface area contributed by atoms with E-state index >= 15 is 0 Å². The first-order valence-electron chi connectivity index (χ1n) is 28.8. The molecule has 6 aromatic rings. The van der Waals surface area contributed by atoms with E-state index in [1.165, 1.54) is 11.1 Å². The van der Waals surface area contributed by atoms with Gasteiger partial charge in [0.15, 0.2) is 0 Å². The maximum atomic E-state index is 12.3. The van der Waals surface area contributed by atoms with Crippen molar-refractivity contribution in [3.05, 3.63) is 241 Å². The van der Waals surface area contributed by atoms with E-state index in [0.717, 1.165) is 75.6 Å². The minimum Gasteiger partial charge on any atom is -0.490 e. The molecule has 0 aliphatic carbocycles. The number of hydrogen-bond acceptors (Lipinski definition) is 14. The van der Waals surface area contributed by atoms with Crippen molar-refractivity contribution in [2.24, 2.45) is 0 Å². The van der Waals surface area contributed by atoms with Crippen LogP contribution in [0, 0.1) is 0 Å². The van der Waals surface area contributed by atoms with Crippen LogP contribution in [0.15, 0.2) is 196 Å². The number of carbonyl (C=O) groups excluding carboxylic acids is 6. The molecule has 0 aromatic heterocycles. The maximum absolute atomic E-state index is 12.3. The molecule has 458 valence electrons. The Morgan fingerprint density at radius 1 is 0.379 bits per heavy atom. The van der Waals surface area contributed by atoms with Crippen LogP contribution in [0.1, 0.15) is 139 Å². The van der Waals surface area contributed by atoms with Crippen LogP contribution in [0.5, 0.6) is 23.0 Å². The van der Waals surface area contributed by atoms with E-state index in [1.807, 2.05) is 60.7 Å². The lowest BCUT2D eigenvalue weighted by molar-refractivity contribution is -0.144. The van der Waals surface area contributed by atoms with E-state index in [4.69, 9.17) is 33.2 Å². The SMILES string of the molecule is C=CC(=O)OC(C)COc1ccc(C(C)(C)c2ccc(C(C)(C)c3ccc(OCC(C)OC(=O)C=C)cc3)cc2)cc1.C=CC(=O)OCCCCCC(=O)Oc1ccc(C(C)(C)c2ccc(C(C)(C)c3ccc(OC(=O)OC(=O)C=C)cc3)cc2)cc1. The quantitative estimate of drug-likeness (QED) is 0.00862. The summed E-state index contributed by atoms with van der Waals surface area (Å²) >= 11 is 0. The molecule has 0 aliphatic rings. The summed E-state index contributed by atoms with van der Waals surface area (Å²) < 4.78 is 41.8.